The van der Waals surface area contributed by atoms with Crippen LogP contribution in [0, 0.1) is 5.92 Å². The minimum Gasteiger partial charge on any atom is -0.507 e. The minimum absolute atomic E-state index is 0.0297. The van der Waals surface area contributed by atoms with Gasteiger partial charge in [0.15, 0.2) is 0 Å². The fourth-order valence-electron chi connectivity index (χ4n) is 2.86. The van der Waals surface area contributed by atoms with E-state index in [9.17, 15) is 5.11 Å². The predicted octanol–water partition coefficient (Wildman–Crippen LogP) is 6.36. The molecule has 0 amide bonds. The normalized spacial score (nSPS) is 13.0. The lowest BCUT2D eigenvalue weighted by Crippen LogP contribution is -2.18. The molecular formula is C21H36O. The zero-order chi connectivity index (χ0) is 17.1. The lowest BCUT2D eigenvalue weighted by molar-refractivity contribution is 0.422. The van der Waals surface area contributed by atoms with Crippen LogP contribution in [0.2, 0.25) is 0 Å². The molecule has 22 heavy (non-hydrogen) atoms. The van der Waals surface area contributed by atoms with Crippen molar-refractivity contribution in [3.8, 4) is 5.75 Å². The minimum atomic E-state index is -0.0297. The molecular weight excluding hydrogens is 268 g/mol. The van der Waals surface area contributed by atoms with Gasteiger partial charge in [-0.25, -0.2) is 0 Å². The van der Waals surface area contributed by atoms with Crippen LogP contribution in [0.15, 0.2) is 12.1 Å². The molecule has 0 saturated carbocycles. The van der Waals surface area contributed by atoms with Crippen molar-refractivity contribution in [2.75, 3.05) is 0 Å². The number of hydrogen-bond donors (Lipinski definition) is 1. The van der Waals surface area contributed by atoms with Crippen molar-refractivity contribution >= 4 is 0 Å². The molecule has 0 aliphatic rings. The number of benzene rings is 1. The highest BCUT2D eigenvalue weighted by atomic mass is 16.3. The van der Waals surface area contributed by atoms with Gasteiger partial charge in [-0.2, -0.15) is 0 Å². The van der Waals surface area contributed by atoms with Crippen molar-refractivity contribution in [1.82, 2.24) is 0 Å². The third-order valence-electron chi connectivity index (χ3n) is 4.28. The highest BCUT2D eigenvalue weighted by molar-refractivity contribution is 5.49. The number of aromatic hydroxyl groups is 1. The molecule has 0 aliphatic carbocycles. The third-order valence-corrected chi connectivity index (χ3v) is 4.28. The molecule has 0 unspecified atom stereocenters. The summed E-state index contributed by atoms with van der Waals surface area (Å²) < 4.78 is 0. The molecule has 1 heteroatoms. The molecule has 0 radical (unpaired) electrons. The fraction of sp³-hybridized carbons (Fsp3) is 0.714. The molecule has 0 spiro atoms. The summed E-state index contributed by atoms with van der Waals surface area (Å²) in [4.78, 5) is 0. The van der Waals surface area contributed by atoms with Gasteiger partial charge in [0.1, 0.15) is 5.75 Å². The lowest BCUT2D eigenvalue weighted by Gasteiger charge is -2.28. The van der Waals surface area contributed by atoms with Crippen LogP contribution in [-0.2, 0) is 17.3 Å². The maximum absolute atomic E-state index is 10.7. The monoisotopic (exact) mass is 304 g/mol. The molecule has 0 bridgehead atoms. The molecule has 1 aromatic rings. The second kappa shape index (κ2) is 7.06. The van der Waals surface area contributed by atoms with Crippen molar-refractivity contribution in [3.63, 3.8) is 0 Å². The van der Waals surface area contributed by atoms with Gasteiger partial charge in [0.05, 0.1) is 0 Å². The van der Waals surface area contributed by atoms with Crippen LogP contribution in [-0.4, -0.2) is 5.11 Å². The van der Waals surface area contributed by atoms with Crippen LogP contribution in [0.3, 0.4) is 0 Å². The topological polar surface area (TPSA) is 20.2 Å². The average molecular weight is 305 g/mol. The van der Waals surface area contributed by atoms with E-state index in [1.807, 2.05) is 0 Å². The summed E-state index contributed by atoms with van der Waals surface area (Å²) >= 11 is 0. The standard InChI is InChI=1S/C21H36O/c1-15(2)11-9-10-12-16-13-17(20(3,4)5)19(22)18(14-16)21(6,7)8/h13-15,22H,9-12H2,1-8H3. The summed E-state index contributed by atoms with van der Waals surface area (Å²) in [5.74, 6) is 1.28. The van der Waals surface area contributed by atoms with E-state index in [0.29, 0.717) is 5.75 Å². The molecule has 0 aliphatic heterocycles. The van der Waals surface area contributed by atoms with E-state index in [2.05, 4.69) is 67.5 Å². The highest BCUT2D eigenvalue weighted by Gasteiger charge is 2.26. The first-order valence-electron chi connectivity index (χ1n) is 8.79. The molecule has 0 fully saturated rings. The molecule has 0 aromatic heterocycles. The summed E-state index contributed by atoms with van der Waals surface area (Å²) in [6, 6.07) is 4.44. The molecule has 1 aromatic carbocycles. The Morgan fingerprint density at radius 2 is 1.32 bits per heavy atom. The summed E-state index contributed by atoms with van der Waals surface area (Å²) in [6.07, 6.45) is 4.93. The number of phenols is 1. The summed E-state index contributed by atoms with van der Waals surface area (Å²) in [5, 5.41) is 10.7. The Balaban J connectivity index is 3.08. The van der Waals surface area contributed by atoms with Crippen LogP contribution in [0.25, 0.3) is 0 Å². The molecule has 0 atom stereocenters. The van der Waals surface area contributed by atoms with E-state index in [0.717, 1.165) is 23.5 Å². The quantitative estimate of drug-likeness (QED) is 0.628. The first-order chi connectivity index (χ1) is 9.93. The van der Waals surface area contributed by atoms with E-state index in [1.165, 1.54) is 24.8 Å². The largest absolute Gasteiger partial charge is 0.507 e. The van der Waals surface area contributed by atoms with E-state index in [1.54, 1.807) is 0 Å². The molecule has 1 N–H and O–H groups in total. The Morgan fingerprint density at radius 3 is 1.68 bits per heavy atom. The number of unbranched alkanes of at least 4 members (excludes halogenated alkanes) is 1. The lowest BCUT2D eigenvalue weighted by atomic mass is 9.78. The van der Waals surface area contributed by atoms with E-state index < -0.39 is 0 Å². The Labute approximate surface area is 138 Å². The van der Waals surface area contributed by atoms with Gasteiger partial charge >= 0.3 is 0 Å². The Morgan fingerprint density at radius 1 is 0.864 bits per heavy atom. The second-order valence-electron chi connectivity index (χ2n) is 9.18. The SMILES string of the molecule is CC(C)CCCCc1cc(C(C)(C)C)c(O)c(C(C)(C)C)c1. The molecule has 126 valence electrons. The van der Waals surface area contributed by atoms with Crippen LogP contribution >= 0.6 is 0 Å². The molecule has 0 heterocycles. The zero-order valence-corrected chi connectivity index (χ0v) is 16.0. The van der Waals surface area contributed by atoms with Crippen molar-refractivity contribution in [2.45, 2.75) is 91.9 Å². The fourth-order valence-corrected chi connectivity index (χ4v) is 2.86. The Hall–Kier alpha value is -0.980. The first kappa shape index (κ1) is 19.1. The molecule has 1 nitrogen and oxygen atoms in total. The van der Waals surface area contributed by atoms with Gasteiger partial charge in [-0.15, -0.1) is 0 Å². The number of rotatable bonds is 5. The van der Waals surface area contributed by atoms with Gasteiger partial charge in [0.25, 0.3) is 0 Å². The van der Waals surface area contributed by atoms with Gasteiger partial charge in [-0.1, -0.05) is 80.4 Å². The Kier molecular flexibility index (Phi) is 6.12. The van der Waals surface area contributed by atoms with Crippen LogP contribution in [0.4, 0.5) is 0 Å². The number of phenolic OH excluding ortho intramolecular Hbond substituents is 1. The van der Waals surface area contributed by atoms with Crippen molar-refractivity contribution < 1.29 is 5.11 Å². The van der Waals surface area contributed by atoms with Crippen LogP contribution in [0.1, 0.15) is 91.3 Å². The first-order valence-corrected chi connectivity index (χ1v) is 8.79. The van der Waals surface area contributed by atoms with Gasteiger partial charge in [0, 0.05) is 0 Å². The summed E-state index contributed by atoms with van der Waals surface area (Å²) in [6.45, 7) is 17.6. The van der Waals surface area contributed by atoms with Gasteiger partial charge in [0.2, 0.25) is 0 Å². The number of aryl methyl sites for hydroxylation is 1. The average Bonchev–Trinajstić information content (AvgIpc) is 2.33. The van der Waals surface area contributed by atoms with Gasteiger partial charge < -0.3 is 5.11 Å². The molecule has 1 rings (SSSR count). The Bertz CT molecular complexity index is 449. The van der Waals surface area contributed by atoms with Crippen molar-refractivity contribution in [2.24, 2.45) is 5.92 Å². The van der Waals surface area contributed by atoms with E-state index >= 15 is 0 Å². The summed E-state index contributed by atoms with van der Waals surface area (Å²) in [5.41, 5.74) is 3.48. The maximum atomic E-state index is 10.7. The predicted molar refractivity (Wildman–Crippen MR) is 97.9 cm³/mol. The van der Waals surface area contributed by atoms with Crippen molar-refractivity contribution in [3.05, 3.63) is 28.8 Å². The van der Waals surface area contributed by atoms with Gasteiger partial charge in [-0.3, -0.25) is 0 Å². The smallest absolute Gasteiger partial charge is 0.123 e. The maximum Gasteiger partial charge on any atom is 0.123 e. The van der Waals surface area contributed by atoms with Crippen LogP contribution < -0.4 is 0 Å². The highest BCUT2D eigenvalue weighted by Crippen LogP contribution is 2.40. The summed E-state index contributed by atoms with van der Waals surface area (Å²) in [7, 11) is 0. The number of hydrogen-bond acceptors (Lipinski definition) is 1. The zero-order valence-electron chi connectivity index (χ0n) is 16.0. The van der Waals surface area contributed by atoms with E-state index in [-0.39, 0.29) is 10.8 Å². The van der Waals surface area contributed by atoms with E-state index in [4.69, 9.17) is 0 Å². The molecule has 0 saturated heterocycles. The van der Waals surface area contributed by atoms with Crippen LogP contribution in [0.5, 0.6) is 5.75 Å². The van der Waals surface area contributed by atoms with Crippen molar-refractivity contribution in [1.29, 1.82) is 0 Å². The van der Waals surface area contributed by atoms with Gasteiger partial charge in [-0.05, 0) is 46.3 Å². The second-order valence-corrected chi connectivity index (χ2v) is 9.18. The third kappa shape index (κ3) is 5.34.